The predicted octanol–water partition coefficient (Wildman–Crippen LogP) is 3.84. The van der Waals surface area contributed by atoms with Gasteiger partial charge in [-0.25, -0.2) is 13.8 Å². The van der Waals surface area contributed by atoms with Gasteiger partial charge in [-0.2, -0.15) is 4.98 Å². The minimum atomic E-state index is -2.52. The number of hydrogen-bond acceptors (Lipinski definition) is 6. The summed E-state index contributed by atoms with van der Waals surface area (Å²) in [5.41, 5.74) is 2.58. The Hall–Kier alpha value is -2.91. The van der Waals surface area contributed by atoms with Gasteiger partial charge in [0.1, 0.15) is 5.65 Å². The molecular formula is C24H29F2N5O2. The van der Waals surface area contributed by atoms with E-state index in [1.54, 1.807) is 23.9 Å². The number of anilines is 1. The Morgan fingerprint density at radius 1 is 1.15 bits per heavy atom. The lowest BCUT2D eigenvalue weighted by molar-refractivity contribution is -0.0566. The van der Waals surface area contributed by atoms with E-state index in [-0.39, 0.29) is 24.4 Å². The Bertz CT molecular complexity index is 1140. The molecule has 0 bridgehead atoms. The fraction of sp³-hybridized carbons (Fsp3) is 0.458. The van der Waals surface area contributed by atoms with Crippen molar-refractivity contribution in [2.24, 2.45) is 0 Å². The first-order valence-corrected chi connectivity index (χ1v) is 11.2. The number of fused-ring (bicyclic) bond motifs is 1. The zero-order chi connectivity index (χ0) is 23.4. The highest BCUT2D eigenvalue weighted by Gasteiger charge is 2.33. The molecule has 1 fully saturated rings. The molecule has 1 atom stereocenters. The Labute approximate surface area is 191 Å². The molecule has 1 unspecified atom stereocenters. The number of pyridine rings is 1. The third-order valence-corrected chi connectivity index (χ3v) is 6.06. The molecule has 2 aromatic heterocycles. The molecule has 1 aliphatic rings. The summed E-state index contributed by atoms with van der Waals surface area (Å²) in [5, 5.41) is 4.08. The molecule has 1 N–H and O–H groups in total. The maximum Gasteiger partial charge on any atom is 0.252 e. The number of benzene rings is 1. The van der Waals surface area contributed by atoms with E-state index in [9.17, 15) is 13.6 Å². The topological polar surface area (TPSA) is 72.3 Å². The van der Waals surface area contributed by atoms with Crippen molar-refractivity contribution in [3.05, 3.63) is 64.1 Å². The third-order valence-electron chi connectivity index (χ3n) is 6.06. The summed E-state index contributed by atoms with van der Waals surface area (Å²) < 4.78 is 33.4. The summed E-state index contributed by atoms with van der Waals surface area (Å²) in [7, 11) is 1.59. The highest BCUT2D eigenvalue weighted by molar-refractivity contribution is 5.75. The molecule has 1 aromatic carbocycles. The van der Waals surface area contributed by atoms with Crippen molar-refractivity contribution in [1.82, 2.24) is 19.4 Å². The van der Waals surface area contributed by atoms with Gasteiger partial charge in [0.15, 0.2) is 0 Å². The number of likely N-dealkylation sites (tertiary alicyclic amines) is 1. The number of methoxy groups -OCH3 is 1. The average Bonchev–Trinajstić information content (AvgIpc) is 2.80. The number of aromatic nitrogens is 3. The van der Waals surface area contributed by atoms with Crippen LogP contribution >= 0.6 is 0 Å². The molecule has 4 rings (SSSR count). The van der Waals surface area contributed by atoms with E-state index in [1.165, 1.54) is 6.07 Å². The molecule has 0 saturated carbocycles. The van der Waals surface area contributed by atoms with E-state index in [0.717, 1.165) is 16.5 Å². The van der Waals surface area contributed by atoms with Crippen molar-refractivity contribution >= 4 is 17.0 Å². The van der Waals surface area contributed by atoms with Gasteiger partial charge < -0.3 is 10.1 Å². The quantitative estimate of drug-likeness (QED) is 0.554. The van der Waals surface area contributed by atoms with Gasteiger partial charge in [-0.05, 0) is 24.1 Å². The SMILES string of the molecule is COCCn1c(=O)ccc2cnc(NC(C)c3ccc(CN4CCC(F)(F)CC4)cc3)nc21. The number of piperidine rings is 1. The second-order valence-corrected chi connectivity index (χ2v) is 8.53. The first-order valence-electron chi connectivity index (χ1n) is 11.2. The average molecular weight is 458 g/mol. The summed E-state index contributed by atoms with van der Waals surface area (Å²) in [5.74, 6) is -2.09. The molecule has 1 saturated heterocycles. The summed E-state index contributed by atoms with van der Waals surface area (Å²) in [4.78, 5) is 23.3. The van der Waals surface area contributed by atoms with E-state index in [4.69, 9.17) is 4.74 Å². The van der Waals surface area contributed by atoms with Crippen LogP contribution in [0.1, 0.15) is 36.9 Å². The van der Waals surface area contributed by atoms with E-state index >= 15 is 0 Å². The minimum absolute atomic E-state index is 0.0620. The Kier molecular flexibility index (Phi) is 6.99. The van der Waals surface area contributed by atoms with E-state index in [2.05, 4.69) is 20.2 Å². The number of nitrogens with zero attached hydrogens (tertiary/aromatic N) is 4. The second kappa shape index (κ2) is 9.93. The standard InChI is InChI=1S/C24H29F2N5O2/c1-17(19-5-3-18(4-6-19)16-30-11-9-24(25,26)10-12-30)28-23-27-15-20-7-8-21(32)31(13-14-33-2)22(20)29-23/h3-8,15,17H,9-14,16H2,1-2H3,(H,27,28,29). The van der Waals surface area contributed by atoms with Crippen molar-refractivity contribution in [3.63, 3.8) is 0 Å². The molecule has 7 nitrogen and oxygen atoms in total. The summed E-state index contributed by atoms with van der Waals surface area (Å²) in [6.07, 6.45) is 1.56. The van der Waals surface area contributed by atoms with E-state index < -0.39 is 5.92 Å². The first kappa shape index (κ1) is 23.3. The molecule has 1 aliphatic heterocycles. The van der Waals surface area contributed by atoms with Crippen LogP contribution in [0.25, 0.3) is 11.0 Å². The predicted molar refractivity (Wildman–Crippen MR) is 124 cm³/mol. The maximum atomic E-state index is 13.4. The van der Waals surface area contributed by atoms with Gasteiger partial charge >= 0.3 is 0 Å². The molecule has 3 aromatic rings. The molecule has 33 heavy (non-hydrogen) atoms. The lowest BCUT2D eigenvalue weighted by Crippen LogP contribution is -2.38. The molecule has 0 aliphatic carbocycles. The van der Waals surface area contributed by atoms with Gasteiger partial charge in [0.05, 0.1) is 19.2 Å². The zero-order valence-electron chi connectivity index (χ0n) is 18.9. The number of hydrogen-bond donors (Lipinski definition) is 1. The Morgan fingerprint density at radius 2 is 1.88 bits per heavy atom. The number of rotatable bonds is 8. The lowest BCUT2D eigenvalue weighted by atomic mass is 10.0. The largest absolute Gasteiger partial charge is 0.383 e. The van der Waals surface area contributed by atoms with Gasteiger partial charge in [0, 0.05) is 57.2 Å². The van der Waals surface area contributed by atoms with Gasteiger partial charge in [-0.1, -0.05) is 24.3 Å². The highest BCUT2D eigenvalue weighted by atomic mass is 19.3. The number of halogens is 2. The van der Waals surface area contributed by atoms with Crippen LogP contribution in [-0.4, -0.2) is 52.2 Å². The number of alkyl halides is 2. The van der Waals surface area contributed by atoms with Crippen molar-refractivity contribution in [2.75, 3.05) is 32.1 Å². The normalized spacial score (nSPS) is 17.2. The highest BCUT2D eigenvalue weighted by Crippen LogP contribution is 2.28. The fourth-order valence-corrected chi connectivity index (χ4v) is 4.02. The fourth-order valence-electron chi connectivity index (χ4n) is 4.02. The first-order chi connectivity index (χ1) is 15.8. The van der Waals surface area contributed by atoms with Crippen molar-refractivity contribution in [2.45, 2.75) is 44.8 Å². The van der Waals surface area contributed by atoms with Gasteiger partial charge in [0.2, 0.25) is 5.95 Å². The summed E-state index contributed by atoms with van der Waals surface area (Å²) in [6, 6.07) is 11.3. The third kappa shape index (κ3) is 5.72. The number of ether oxygens (including phenoxy) is 1. The minimum Gasteiger partial charge on any atom is -0.383 e. The van der Waals surface area contributed by atoms with Gasteiger partial charge in [0.25, 0.3) is 11.5 Å². The Morgan fingerprint density at radius 3 is 2.58 bits per heavy atom. The van der Waals surface area contributed by atoms with Crippen LogP contribution in [0.15, 0.2) is 47.4 Å². The maximum absolute atomic E-state index is 13.4. The smallest absolute Gasteiger partial charge is 0.252 e. The molecule has 0 radical (unpaired) electrons. The molecule has 176 valence electrons. The molecule has 9 heteroatoms. The van der Waals surface area contributed by atoms with Gasteiger partial charge in [-0.3, -0.25) is 14.3 Å². The molecule has 3 heterocycles. The number of nitrogens with one attached hydrogen (secondary N) is 1. The second-order valence-electron chi connectivity index (χ2n) is 8.53. The van der Waals surface area contributed by atoms with Crippen LogP contribution in [-0.2, 0) is 17.8 Å². The van der Waals surface area contributed by atoms with Crippen LogP contribution in [0.4, 0.5) is 14.7 Å². The van der Waals surface area contributed by atoms with Crippen molar-refractivity contribution in [3.8, 4) is 0 Å². The van der Waals surface area contributed by atoms with Crippen LogP contribution in [0.2, 0.25) is 0 Å². The van der Waals surface area contributed by atoms with E-state index in [1.807, 2.05) is 31.2 Å². The lowest BCUT2D eigenvalue weighted by Gasteiger charge is -2.31. The molecular weight excluding hydrogens is 428 g/mol. The van der Waals surface area contributed by atoms with Crippen LogP contribution < -0.4 is 10.9 Å². The molecule has 0 amide bonds. The molecule has 0 spiro atoms. The monoisotopic (exact) mass is 457 g/mol. The van der Waals surface area contributed by atoms with Crippen LogP contribution in [0.3, 0.4) is 0 Å². The van der Waals surface area contributed by atoms with Crippen LogP contribution in [0, 0.1) is 0 Å². The summed E-state index contributed by atoms with van der Waals surface area (Å²) >= 11 is 0. The van der Waals surface area contributed by atoms with E-state index in [0.29, 0.717) is 44.4 Å². The summed E-state index contributed by atoms with van der Waals surface area (Å²) in [6.45, 7) is 4.34. The van der Waals surface area contributed by atoms with Gasteiger partial charge in [-0.15, -0.1) is 0 Å². The zero-order valence-corrected chi connectivity index (χ0v) is 18.9. The van der Waals surface area contributed by atoms with Crippen molar-refractivity contribution < 1.29 is 13.5 Å². The van der Waals surface area contributed by atoms with Crippen LogP contribution in [0.5, 0.6) is 0 Å². The Balaban J connectivity index is 1.43. The van der Waals surface area contributed by atoms with Crippen molar-refractivity contribution in [1.29, 1.82) is 0 Å².